The first-order chi connectivity index (χ1) is 8.61. The molecule has 1 nitrogen and oxygen atoms in total. The van der Waals surface area contributed by atoms with Crippen molar-refractivity contribution in [2.75, 3.05) is 0 Å². The lowest BCUT2D eigenvalue weighted by Gasteiger charge is -2.14. The SMILES string of the molecule is CCC1=C(C=C(C)C)C(c2ccc(O)cc2)CC1. The molecule has 0 saturated carbocycles. The lowest BCUT2D eigenvalue weighted by molar-refractivity contribution is 0.475. The van der Waals surface area contributed by atoms with Gasteiger partial charge in [0, 0.05) is 5.92 Å². The molecule has 96 valence electrons. The summed E-state index contributed by atoms with van der Waals surface area (Å²) < 4.78 is 0. The predicted octanol–water partition coefficient (Wildman–Crippen LogP) is 4.94. The number of aromatic hydroxyl groups is 1. The molecule has 0 amide bonds. The van der Waals surface area contributed by atoms with E-state index in [1.165, 1.54) is 29.6 Å². The Labute approximate surface area is 110 Å². The Bertz CT molecular complexity index is 473. The van der Waals surface area contributed by atoms with Crippen LogP contribution in [0.25, 0.3) is 0 Å². The Balaban J connectivity index is 2.36. The van der Waals surface area contributed by atoms with Crippen LogP contribution in [0.1, 0.15) is 51.5 Å². The van der Waals surface area contributed by atoms with Crippen LogP contribution < -0.4 is 0 Å². The lowest BCUT2D eigenvalue weighted by atomic mass is 9.91. The molecular weight excluding hydrogens is 220 g/mol. The number of allylic oxidation sites excluding steroid dienone is 4. The molecule has 1 heteroatoms. The van der Waals surface area contributed by atoms with Crippen molar-refractivity contribution < 1.29 is 5.11 Å². The summed E-state index contributed by atoms with van der Waals surface area (Å²) in [5.74, 6) is 0.857. The monoisotopic (exact) mass is 242 g/mol. The Hall–Kier alpha value is -1.50. The molecule has 0 saturated heterocycles. The van der Waals surface area contributed by atoms with Crippen molar-refractivity contribution in [3.8, 4) is 5.75 Å². The topological polar surface area (TPSA) is 20.2 Å². The zero-order valence-electron chi connectivity index (χ0n) is 11.5. The Morgan fingerprint density at radius 2 is 1.94 bits per heavy atom. The summed E-state index contributed by atoms with van der Waals surface area (Å²) in [5.41, 5.74) is 5.78. The molecule has 0 spiro atoms. The summed E-state index contributed by atoms with van der Waals surface area (Å²) in [5, 5.41) is 9.39. The zero-order chi connectivity index (χ0) is 13.1. The van der Waals surface area contributed by atoms with Gasteiger partial charge in [-0.25, -0.2) is 0 Å². The van der Waals surface area contributed by atoms with E-state index in [2.05, 4.69) is 39.0 Å². The third-order valence-electron chi connectivity index (χ3n) is 3.68. The zero-order valence-corrected chi connectivity index (χ0v) is 11.5. The van der Waals surface area contributed by atoms with Gasteiger partial charge < -0.3 is 5.11 Å². The van der Waals surface area contributed by atoms with Crippen molar-refractivity contribution in [3.63, 3.8) is 0 Å². The van der Waals surface area contributed by atoms with E-state index in [9.17, 15) is 5.11 Å². The van der Waals surface area contributed by atoms with Crippen molar-refractivity contribution in [1.82, 2.24) is 0 Å². The molecule has 1 N–H and O–H groups in total. The maximum absolute atomic E-state index is 9.39. The second-order valence-corrected chi connectivity index (χ2v) is 5.32. The number of rotatable bonds is 3. The Kier molecular flexibility index (Phi) is 3.90. The van der Waals surface area contributed by atoms with E-state index in [1.54, 1.807) is 17.7 Å². The number of phenolic OH excluding ortho intramolecular Hbond substituents is 1. The van der Waals surface area contributed by atoms with E-state index in [1.807, 2.05) is 0 Å². The molecule has 1 aliphatic carbocycles. The van der Waals surface area contributed by atoms with E-state index in [4.69, 9.17) is 0 Å². The Morgan fingerprint density at radius 3 is 2.50 bits per heavy atom. The first kappa shape index (κ1) is 12.9. The summed E-state index contributed by atoms with van der Waals surface area (Å²) in [6.07, 6.45) is 5.89. The van der Waals surface area contributed by atoms with Crippen LogP contribution in [0.4, 0.5) is 0 Å². The number of hydrogen-bond acceptors (Lipinski definition) is 1. The third kappa shape index (κ3) is 2.66. The van der Waals surface area contributed by atoms with Crippen LogP contribution in [0.2, 0.25) is 0 Å². The minimum absolute atomic E-state index is 0.347. The molecule has 1 aromatic carbocycles. The molecule has 1 unspecified atom stereocenters. The van der Waals surface area contributed by atoms with Crippen LogP contribution in [0.3, 0.4) is 0 Å². The average Bonchev–Trinajstić information content (AvgIpc) is 2.72. The summed E-state index contributed by atoms with van der Waals surface area (Å²) in [6, 6.07) is 7.69. The molecule has 0 bridgehead atoms. The highest BCUT2D eigenvalue weighted by Crippen LogP contribution is 2.42. The van der Waals surface area contributed by atoms with Gasteiger partial charge in [0.25, 0.3) is 0 Å². The van der Waals surface area contributed by atoms with Gasteiger partial charge in [0.05, 0.1) is 0 Å². The summed E-state index contributed by atoms with van der Waals surface area (Å²) in [6.45, 7) is 6.56. The van der Waals surface area contributed by atoms with Gasteiger partial charge in [0.15, 0.2) is 0 Å². The fourth-order valence-electron chi connectivity index (χ4n) is 2.81. The van der Waals surface area contributed by atoms with Crippen LogP contribution in [0, 0.1) is 0 Å². The van der Waals surface area contributed by atoms with Crippen molar-refractivity contribution in [3.05, 3.63) is 52.6 Å². The van der Waals surface area contributed by atoms with Gasteiger partial charge in [-0.05, 0) is 56.4 Å². The minimum atomic E-state index is 0.347. The molecule has 18 heavy (non-hydrogen) atoms. The van der Waals surface area contributed by atoms with Crippen LogP contribution in [-0.4, -0.2) is 5.11 Å². The highest BCUT2D eigenvalue weighted by atomic mass is 16.3. The van der Waals surface area contributed by atoms with E-state index in [-0.39, 0.29) is 0 Å². The van der Waals surface area contributed by atoms with Crippen LogP contribution in [0.5, 0.6) is 5.75 Å². The highest BCUT2D eigenvalue weighted by Gasteiger charge is 2.24. The lowest BCUT2D eigenvalue weighted by Crippen LogP contribution is -1.97. The molecule has 0 aliphatic heterocycles. The fraction of sp³-hybridized carbons (Fsp3) is 0.412. The Morgan fingerprint density at radius 1 is 1.28 bits per heavy atom. The molecular formula is C17H22O. The van der Waals surface area contributed by atoms with Crippen LogP contribution >= 0.6 is 0 Å². The minimum Gasteiger partial charge on any atom is -0.508 e. The molecule has 1 atom stereocenters. The van der Waals surface area contributed by atoms with E-state index >= 15 is 0 Å². The fourth-order valence-corrected chi connectivity index (χ4v) is 2.81. The van der Waals surface area contributed by atoms with Crippen LogP contribution in [-0.2, 0) is 0 Å². The second kappa shape index (κ2) is 5.43. The molecule has 0 aromatic heterocycles. The highest BCUT2D eigenvalue weighted by molar-refractivity contribution is 5.44. The largest absolute Gasteiger partial charge is 0.508 e. The van der Waals surface area contributed by atoms with Crippen molar-refractivity contribution >= 4 is 0 Å². The average molecular weight is 242 g/mol. The second-order valence-electron chi connectivity index (χ2n) is 5.32. The van der Waals surface area contributed by atoms with E-state index in [0.717, 1.165) is 6.42 Å². The molecule has 1 aromatic rings. The summed E-state index contributed by atoms with van der Waals surface area (Å²) in [7, 11) is 0. The summed E-state index contributed by atoms with van der Waals surface area (Å²) >= 11 is 0. The predicted molar refractivity (Wildman–Crippen MR) is 76.8 cm³/mol. The van der Waals surface area contributed by atoms with Gasteiger partial charge in [0.1, 0.15) is 5.75 Å². The van der Waals surface area contributed by atoms with Gasteiger partial charge in [0.2, 0.25) is 0 Å². The molecule has 0 fully saturated rings. The van der Waals surface area contributed by atoms with Gasteiger partial charge in [-0.15, -0.1) is 0 Å². The smallest absolute Gasteiger partial charge is 0.115 e. The first-order valence-electron chi connectivity index (χ1n) is 6.77. The molecule has 1 aliphatic rings. The molecule has 0 radical (unpaired) electrons. The van der Waals surface area contributed by atoms with Gasteiger partial charge >= 0.3 is 0 Å². The third-order valence-corrected chi connectivity index (χ3v) is 3.68. The van der Waals surface area contributed by atoms with Crippen molar-refractivity contribution in [2.24, 2.45) is 0 Å². The van der Waals surface area contributed by atoms with Gasteiger partial charge in [-0.2, -0.15) is 0 Å². The standard InChI is InChI=1S/C17H22O/c1-4-13-7-10-16(17(13)11-12(2)3)14-5-8-15(18)9-6-14/h5-6,8-9,11,16,18H,4,7,10H2,1-3H3. The maximum Gasteiger partial charge on any atom is 0.115 e. The number of phenols is 1. The quantitative estimate of drug-likeness (QED) is 0.795. The molecule has 2 rings (SSSR count). The van der Waals surface area contributed by atoms with Gasteiger partial charge in [-0.1, -0.05) is 36.3 Å². The normalized spacial score (nSPS) is 19.2. The molecule has 0 heterocycles. The number of benzene rings is 1. The summed E-state index contributed by atoms with van der Waals surface area (Å²) in [4.78, 5) is 0. The first-order valence-corrected chi connectivity index (χ1v) is 6.77. The number of hydrogen-bond donors (Lipinski definition) is 1. The van der Waals surface area contributed by atoms with Crippen molar-refractivity contribution in [2.45, 2.75) is 46.0 Å². The van der Waals surface area contributed by atoms with Crippen LogP contribution in [0.15, 0.2) is 47.1 Å². The van der Waals surface area contributed by atoms with E-state index < -0.39 is 0 Å². The van der Waals surface area contributed by atoms with Gasteiger partial charge in [-0.3, -0.25) is 0 Å². The van der Waals surface area contributed by atoms with E-state index in [0.29, 0.717) is 11.7 Å². The maximum atomic E-state index is 9.39. The van der Waals surface area contributed by atoms with Crippen molar-refractivity contribution in [1.29, 1.82) is 0 Å².